The molecule has 0 bridgehead atoms. The summed E-state index contributed by atoms with van der Waals surface area (Å²) in [5.74, 6) is 1.04. The van der Waals surface area contributed by atoms with Crippen LogP contribution in [-0.4, -0.2) is 69.2 Å². The molecule has 0 aromatic carbocycles. The maximum atomic E-state index is 13.0. The van der Waals surface area contributed by atoms with E-state index in [1.54, 1.807) is 17.2 Å². The van der Waals surface area contributed by atoms with E-state index in [-0.39, 0.29) is 29.7 Å². The highest BCUT2D eigenvalue weighted by atomic mass is 16.5. The lowest BCUT2D eigenvalue weighted by atomic mass is 9.97. The monoisotopic (exact) mass is 398 g/mol. The molecule has 4 rings (SSSR count). The molecule has 2 N–H and O–H groups in total. The summed E-state index contributed by atoms with van der Waals surface area (Å²) in [7, 11) is 0. The van der Waals surface area contributed by atoms with Crippen LogP contribution in [0.15, 0.2) is 18.3 Å². The molecule has 9 nitrogen and oxygen atoms in total. The molecular formula is C20H26N6O3. The van der Waals surface area contributed by atoms with E-state index in [2.05, 4.69) is 25.5 Å². The van der Waals surface area contributed by atoms with Crippen molar-refractivity contribution in [2.24, 2.45) is 5.92 Å². The largest absolute Gasteiger partial charge is 0.381 e. The van der Waals surface area contributed by atoms with Crippen LogP contribution in [0.25, 0.3) is 0 Å². The number of aryl methyl sites for hydroxylation is 2. The molecule has 2 amide bonds. The third kappa shape index (κ3) is 4.29. The van der Waals surface area contributed by atoms with Crippen molar-refractivity contribution < 1.29 is 14.3 Å². The van der Waals surface area contributed by atoms with Crippen molar-refractivity contribution in [3.63, 3.8) is 0 Å². The van der Waals surface area contributed by atoms with Crippen LogP contribution in [0.3, 0.4) is 0 Å². The van der Waals surface area contributed by atoms with Gasteiger partial charge in [0.2, 0.25) is 5.91 Å². The summed E-state index contributed by atoms with van der Waals surface area (Å²) >= 11 is 0. The number of ether oxygens (including phenoxy) is 1. The summed E-state index contributed by atoms with van der Waals surface area (Å²) in [6.45, 7) is 5.80. The van der Waals surface area contributed by atoms with Gasteiger partial charge in [0, 0.05) is 44.1 Å². The standard InChI is InChI=1S/C20H26N6O3/c1-12-3-4-15(9-21-12)20(28)26-10-16(18-22-13(2)24-25-18)17(11-26)23-19(27)14-5-7-29-8-6-14/h3-4,9,14,16-17H,5-8,10-11H2,1-2H3,(H,23,27)(H,22,24,25)/t16-,17-/m1/s1. The average Bonchev–Trinajstić information content (AvgIpc) is 3.35. The van der Waals surface area contributed by atoms with E-state index < -0.39 is 0 Å². The van der Waals surface area contributed by atoms with E-state index in [1.807, 2.05) is 19.9 Å². The van der Waals surface area contributed by atoms with Crippen molar-refractivity contribution in [1.29, 1.82) is 0 Å². The second kappa shape index (κ2) is 8.28. The Balaban J connectivity index is 1.51. The number of hydrogen-bond acceptors (Lipinski definition) is 6. The number of aromatic amines is 1. The summed E-state index contributed by atoms with van der Waals surface area (Å²) < 4.78 is 5.36. The van der Waals surface area contributed by atoms with Gasteiger partial charge in [-0.15, -0.1) is 0 Å². The first-order valence-corrected chi connectivity index (χ1v) is 10.00. The summed E-state index contributed by atoms with van der Waals surface area (Å²) in [5.41, 5.74) is 1.40. The highest BCUT2D eigenvalue weighted by Gasteiger charge is 2.40. The quantitative estimate of drug-likeness (QED) is 0.793. The topological polar surface area (TPSA) is 113 Å². The molecule has 2 atom stereocenters. The van der Waals surface area contributed by atoms with Crippen molar-refractivity contribution in [1.82, 2.24) is 30.4 Å². The van der Waals surface area contributed by atoms with E-state index >= 15 is 0 Å². The molecule has 29 heavy (non-hydrogen) atoms. The van der Waals surface area contributed by atoms with Gasteiger partial charge >= 0.3 is 0 Å². The lowest BCUT2D eigenvalue weighted by Gasteiger charge is -2.24. The Morgan fingerprint density at radius 1 is 1.21 bits per heavy atom. The van der Waals surface area contributed by atoms with Crippen LogP contribution in [0.4, 0.5) is 0 Å². The Kier molecular flexibility index (Phi) is 5.57. The van der Waals surface area contributed by atoms with Crippen LogP contribution in [0, 0.1) is 19.8 Å². The van der Waals surface area contributed by atoms with Crippen molar-refractivity contribution in [2.45, 2.75) is 38.6 Å². The number of carbonyl (C=O) groups excluding carboxylic acids is 2. The van der Waals surface area contributed by atoms with Gasteiger partial charge in [-0.3, -0.25) is 19.7 Å². The van der Waals surface area contributed by atoms with Crippen molar-refractivity contribution >= 4 is 11.8 Å². The molecule has 0 unspecified atom stereocenters. The van der Waals surface area contributed by atoms with Crippen LogP contribution in [0.5, 0.6) is 0 Å². The molecule has 9 heteroatoms. The van der Waals surface area contributed by atoms with Crippen LogP contribution in [0.1, 0.15) is 46.5 Å². The number of amides is 2. The first-order chi connectivity index (χ1) is 14.0. The average molecular weight is 398 g/mol. The van der Waals surface area contributed by atoms with E-state index in [9.17, 15) is 9.59 Å². The zero-order valence-corrected chi connectivity index (χ0v) is 16.7. The highest BCUT2D eigenvalue weighted by Crippen LogP contribution is 2.27. The highest BCUT2D eigenvalue weighted by molar-refractivity contribution is 5.94. The first-order valence-electron chi connectivity index (χ1n) is 10.00. The first kappa shape index (κ1) is 19.5. The van der Waals surface area contributed by atoms with Gasteiger partial charge in [0.1, 0.15) is 5.82 Å². The number of rotatable bonds is 4. The number of H-pyrrole nitrogens is 1. The number of hydrogen-bond donors (Lipinski definition) is 2. The molecule has 4 heterocycles. The summed E-state index contributed by atoms with van der Waals surface area (Å²) in [6.07, 6.45) is 3.04. The third-order valence-electron chi connectivity index (χ3n) is 5.63. The predicted octanol–water partition coefficient (Wildman–Crippen LogP) is 0.968. The molecule has 2 saturated heterocycles. The summed E-state index contributed by atoms with van der Waals surface area (Å²) in [6, 6.07) is 3.37. The summed E-state index contributed by atoms with van der Waals surface area (Å²) in [5, 5.41) is 10.3. The van der Waals surface area contributed by atoms with Crippen molar-refractivity contribution in [3.05, 3.63) is 41.2 Å². The zero-order valence-electron chi connectivity index (χ0n) is 16.7. The summed E-state index contributed by atoms with van der Waals surface area (Å²) in [4.78, 5) is 36.2. The van der Waals surface area contributed by atoms with Gasteiger partial charge < -0.3 is 15.0 Å². The van der Waals surface area contributed by atoms with Gasteiger partial charge in [-0.2, -0.15) is 5.10 Å². The van der Waals surface area contributed by atoms with Crippen LogP contribution in [0.2, 0.25) is 0 Å². The normalized spacial score (nSPS) is 22.6. The molecule has 0 saturated carbocycles. The fraction of sp³-hybridized carbons (Fsp3) is 0.550. The maximum Gasteiger partial charge on any atom is 0.255 e. The molecule has 2 fully saturated rings. The van der Waals surface area contributed by atoms with Crippen LogP contribution in [-0.2, 0) is 9.53 Å². The fourth-order valence-electron chi connectivity index (χ4n) is 3.94. The minimum Gasteiger partial charge on any atom is -0.381 e. The predicted molar refractivity (Wildman–Crippen MR) is 104 cm³/mol. The molecule has 2 aromatic rings. The van der Waals surface area contributed by atoms with Crippen molar-refractivity contribution in [3.8, 4) is 0 Å². The SMILES string of the molecule is Cc1ccc(C(=O)N2C[C@@H](NC(=O)C3CCOCC3)[C@H](c3n[nH]c(C)n3)C2)cn1. The van der Waals surface area contributed by atoms with Gasteiger partial charge in [0.15, 0.2) is 5.82 Å². The minimum atomic E-state index is -0.233. The Morgan fingerprint density at radius 2 is 2.00 bits per heavy atom. The number of carbonyl (C=O) groups is 2. The Morgan fingerprint density at radius 3 is 2.66 bits per heavy atom. The molecule has 0 spiro atoms. The maximum absolute atomic E-state index is 13.0. The number of aromatic nitrogens is 4. The third-order valence-corrected chi connectivity index (χ3v) is 5.63. The minimum absolute atomic E-state index is 0.0156. The number of nitrogens with zero attached hydrogens (tertiary/aromatic N) is 4. The van der Waals surface area contributed by atoms with E-state index in [0.717, 1.165) is 18.5 Å². The van der Waals surface area contributed by atoms with Crippen LogP contribution >= 0.6 is 0 Å². The smallest absolute Gasteiger partial charge is 0.255 e. The van der Waals surface area contributed by atoms with Gasteiger partial charge in [0.05, 0.1) is 17.5 Å². The van der Waals surface area contributed by atoms with E-state index in [4.69, 9.17) is 4.74 Å². The fourth-order valence-corrected chi connectivity index (χ4v) is 3.94. The lowest BCUT2D eigenvalue weighted by molar-refractivity contribution is -0.128. The molecule has 2 aliphatic rings. The van der Waals surface area contributed by atoms with Gasteiger partial charge in [0.25, 0.3) is 5.91 Å². The van der Waals surface area contributed by atoms with Crippen LogP contribution < -0.4 is 5.32 Å². The lowest BCUT2D eigenvalue weighted by Crippen LogP contribution is -2.44. The Bertz CT molecular complexity index is 875. The Hall–Kier alpha value is -2.81. The molecule has 154 valence electrons. The molecule has 2 aliphatic heterocycles. The number of nitrogens with one attached hydrogen (secondary N) is 2. The second-order valence-corrected chi connectivity index (χ2v) is 7.79. The second-order valence-electron chi connectivity index (χ2n) is 7.79. The zero-order chi connectivity index (χ0) is 20.4. The molecular weight excluding hydrogens is 372 g/mol. The number of pyridine rings is 1. The van der Waals surface area contributed by atoms with Gasteiger partial charge in [-0.25, -0.2) is 4.98 Å². The van der Waals surface area contributed by atoms with E-state index in [1.165, 1.54) is 0 Å². The Labute approximate surface area is 169 Å². The van der Waals surface area contributed by atoms with Gasteiger partial charge in [-0.05, 0) is 38.8 Å². The number of likely N-dealkylation sites (tertiary alicyclic amines) is 1. The van der Waals surface area contributed by atoms with E-state index in [0.29, 0.717) is 43.5 Å². The molecule has 0 aliphatic carbocycles. The molecule has 2 aromatic heterocycles. The van der Waals surface area contributed by atoms with Crippen molar-refractivity contribution in [2.75, 3.05) is 26.3 Å². The van der Waals surface area contributed by atoms with Gasteiger partial charge in [-0.1, -0.05) is 0 Å². The molecule has 0 radical (unpaired) electrons.